The van der Waals surface area contributed by atoms with E-state index in [9.17, 15) is 10.5 Å². The molecule has 0 aromatic carbocycles. The van der Waals surface area contributed by atoms with E-state index in [1.54, 1.807) is 6.20 Å². The van der Waals surface area contributed by atoms with Crippen LogP contribution in [-0.4, -0.2) is 28.0 Å². The van der Waals surface area contributed by atoms with Crippen LogP contribution in [0.2, 0.25) is 0 Å². The van der Waals surface area contributed by atoms with E-state index in [1.165, 1.54) is 12.8 Å². The SMILES string of the molecule is N#Cc1c(N2CCC(c3ncc[nH]3)CC2)nc2c(c1C#N)CCCCCC2. The van der Waals surface area contributed by atoms with Crippen molar-refractivity contribution in [3.63, 3.8) is 0 Å². The van der Waals surface area contributed by atoms with Crippen LogP contribution in [0.25, 0.3) is 0 Å². The topological polar surface area (TPSA) is 92.4 Å². The van der Waals surface area contributed by atoms with Crippen LogP contribution >= 0.6 is 0 Å². The lowest BCUT2D eigenvalue weighted by Gasteiger charge is -2.33. The molecule has 6 heteroatoms. The van der Waals surface area contributed by atoms with Gasteiger partial charge in [-0.05, 0) is 44.1 Å². The van der Waals surface area contributed by atoms with Crippen LogP contribution in [0, 0.1) is 22.7 Å². The molecule has 138 valence electrons. The van der Waals surface area contributed by atoms with Gasteiger partial charge in [-0.1, -0.05) is 12.8 Å². The van der Waals surface area contributed by atoms with Gasteiger partial charge >= 0.3 is 0 Å². The fourth-order valence-electron chi connectivity index (χ4n) is 4.41. The molecule has 6 nitrogen and oxygen atoms in total. The molecule has 0 amide bonds. The van der Waals surface area contributed by atoms with E-state index in [1.807, 2.05) is 6.20 Å². The molecule has 3 heterocycles. The first-order valence-corrected chi connectivity index (χ1v) is 9.92. The summed E-state index contributed by atoms with van der Waals surface area (Å²) < 4.78 is 0. The standard InChI is InChI=1S/C21H24N6/c22-13-17-16-5-3-1-2-4-6-19(16)26-21(18(17)14-23)27-11-7-15(8-12-27)20-24-9-10-25-20/h9-10,15H,1-8,11-12H2,(H,24,25). The first kappa shape index (κ1) is 17.5. The number of nitrogens with one attached hydrogen (secondary N) is 1. The molecule has 0 bridgehead atoms. The Morgan fingerprint density at radius 1 is 1.00 bits per heavy atom. The molecule has 0 atom stereocenters. The van der Waals surface area contributed by atoms with Crippen molar-refractivity contribution in [1.29, 1.82) is 10.5 Å². The highest BCUT2D eigenvalue weighted by molar-refractivity contribution is 5.65. The van der Waals surface area contributed by atoms with Crippen molar-refractivity contribution >= 4 is 5.82 Å². The Morgan fingerprint density at radius 2 is 1.74 bits per heavy atom. The van der Waals surface area contributed by atoms with Gasteiger partial charge in [0, 0.05) is 37.1 Å². The Bertz CT molecular complexity index is 879. The Labute approximate surface area is 159 Å². The first-order valence-electron chi connectivity index (χ1n) is 9.92. The lowest BCUT2D eigenvalue weighted by atomic mass is 9.91. The van der Waals surface area contributed by atoms with Crippen LogP contribution in [0.3, 0.4) is 0 Å². The minimum absolute atomic E-state index is 0.418. The molecule has 1 saturated heterocycles. The molecule has 0 spiro atoms. The highest BCUT2D eigenvalue weighted by atomic mass is 15.2. The lowest BCUT2D eigenvalue weighted by molar-refractivity contribution is 0.485. The van der Waals surface area contributed by atoms with E-state index in [-0.39, 0.29) is 0 Å². The number of aromatic nitrogens is 3. The van der Waals surface area contributed by atoms with E-state index in [0.717, 1.165) is 68.7 Å². The average molecular weight is 360 g/mol. The molecule has 1 aliphatic carbocycles. The van der Waals surface area contributed by atoms with Crippen LogP contribution in [0.5, 0.6) is 0 Å². The number of nitriles is 2. The van der Waals surface area contributed by atoms with Gasteiger partial charge in [-0.3, -0.25) is 0 Å². The monoisotopic (exact) mass is 360 g/mol. The van der Waals surface area contributed by atoms with Gasteiger partial charge in [-0.2, -0.15) is 10.5 Å². The molecule has 0 radical (unpaired) electrons. The van der Waals surface area contributed by atoms with E-state index in [4.69, 9.17) is 4.98 Å². The minimum atomic E-state index is 0.418. The minimum Gasteiger partial charge on any atom is -0.355 e. The highest BCUT2D eigenvalue weighted by Crippen LogP contribution is 2.33. The normalized spacial score (nSPS) is 18.1. The van der Waals surface area contributed by atoms with Gasteiger partial charge < -0.3 is 9.88 Å². The Morgan fingerprint density at radius 3 is 2.41 bits per heavy atom. The number of hydrogen-bond acceptors (Lipinski definition) is 5. The van der Waals surface area contributed by atoms with Crippen molar-refractivity contribution < 1.29 is 0 Å². The second-order valence-electron chi connectivity index (χ2n) is 7.48. The predicted octanol–water partition coefficient (Wildman–Crippen LogP) is 3.59. The zero-order valence-corrected chi connectivity index (χ0v) is 15.5. The number of hydrogen-bond donors (Lipinski definition) is 1. The maximum absolute atomic E-state index is 9.81. The largest absolute Gasteiger partial charge is 0.355 e. The second kappa shape index (κ2) is 7.80. The number of pyridine rings is 1. The molecule has 1 fully saturated rings. The van der Waals surface area contributed by atoms with Crippen molar-refractivity contribution in [3.8, 4) is 12.1 Å². The third-order valence-corrected chi connectivity index (χ3v) is 5.88. The van der Waals surface area contributed by atoms with Crippen LogP contribution in [0.4, 0.5) is 5.82 Å². The molecule has 0 unspecified atom stereocenters. The van der Waals surface area contributed by atoms with Crippen LogP contribution < -0.4 is 4.90 Å². The van der Waals surface area contributed by atoms with Gasteiger partial charge in [0.2, 0.25) is 0 Å². The number of aryl methyl sites for hydroxylation is 1. The maximum Gasteiger partial charge on any atom is 0.148 e. The molecule has 1 aliphatic heterocycles. The van der Waals surface area contributed by atoms with Crippen LogP contribution in [0.15, 0.2) is 12.4 Å². The smallest absolute Gasteiger partial charge is 0.148 e. The van der Waals surface area contributed by atoms with E-state index < -0.39 is 0 Å². The summed E-state index contributed by atoms with van der Waals surface area (Å²) in [7, 11) is 0. The zero-order chi connectivity index (χ0) is 18.6. The molecular formula is C21H24N6. The Balaban J connectivity index is 1.65. The first-order chi connectivity index (χ1) is 13.3. The van der Waals surface area contributed by atoms with E-state index >= 15 is 0 Å². The molecule has 4 rings (SSSR count). The summed E-state index contributed by atoms with van der Waals surface area (Å²) in [6.07, 6.45) is 12.0. The number of nitrogens with zero attached hydrogens (tertiary/aromatic N) is 5. The maximum atomic E-state index is 9.81. The van der Waals surface area contributed by atoms with Gasteiger partial charge in [0.15, 0.2) is 0 Å². The molecule has 2 aromatic rings. The third kappa shape index (κ3) is 3.40. The quantitative estimate of drug-likeness (QED) is 0.883. The molecule has 0 saturated carbocycles. The number of piperidine rings is 1. The highest BCUT2D eigenvalue weighted by Gasteiger charge is 2.28. The van der Waals surface area contributed by atoms with Crippen LogP contribution in [-0.2, 0) is 12.8 Å². The summed E-state index contributed by atoms with van der Waals surface area (Å²) >= 11 is 0. The van der Waals surface area contributed by atoms with Gasteiger partial charge in [-0.15, -0.1) is 0 Å². The Hall–Kier alpha value is -2.86. The van der Waals surface area contributed by atoms with Gasteiger partial charge in [0.05, 0.1) is 5.56 Å². The van der Waals surface area contributed by atoms with Gasteiger partial charge in [-0.25, -0.2) is 9.97 Å². The van der Waals surface area contributed by atoms with Gasteiger partial charge in [0.25, 0.3) is 0 Å². The number of fused-ring (bicyclic) bond motifs is 1. The summed E-state index contributed by atoms with van der Waals surface area (Å²) in [5.74, 6) is 2.17. The van der Waals surface area contributed by atoms with Crippen LogP contribution in [0.1, 0.15) is 72.7 Å². The van der Waals surface area contributed by atoms with Gasteiger partial charge in [0.1, 0.15) is 29.3 Å². The molecule has 2 aromatic heterocycles. The predicted molar refractivity (Wildman–Crippen MR) is 102 cm³/mol. The lowest BCUT2D eigenvalue weighted by Crippen LogP contribution is -2.35. The summed E-state index contributed by atoms with van der Waals surface area (Å²) in [5, 5.41) is 19.6. The molecule has 27 heavy (non-hydrogen) atoms. The zero-order valence-electron chi connectivity index (χ0n) is 15.5. The van der Waals surface area contributed by atoms with Crippen molar-refractivity contribution in [2.45, 2.75) is 57.3 Å². The number of rotatable bonds is 2. The van der Waals surface area contributed by atoms with Crippen molar-refractivity contribution in [2.75, 3.05) is 18.0 Å². The summed E-state index contributed by atoms with van der Waals surface area (Å²) in [6.45, 7) is 1.66. The fraction of sp³-hybridized carbons (Fsp3) is 0.524. The summed E-state index contributed by atoms with van der Waals surface area (Å²) in [6, 6.07) is 4.62. The van der Waals surface area contributed by atoms with Crippen molar-refractivity contribution in [2.24, 2.45) is 0 Å². The molecular weight excluding hydrogens is 336 g/mol. The average Bonchev–Trinajstić information content (AvgIpc) is 3.22. The molecule has 2 aliphatic rings. The summed E-state index contributed by atoms with van der Waals surface area (Å²) in [5.41, 5.74) is 3.08. The number of imidazole rings is 1. The van der Waals surface area contributed by atoms with E-state index in [0.29, 0.717) is 22.9 Å². The van der Waals surface area contributed by atoms with Crippen molar-refractivity contribution in [3.05, 3.63) is 40.6 Å². The van der Waals surface area contributed by atoms with E-state index in [2.05, 4.69) is 27.0 Å². The third-order valence-electron chi connectivity index (χ3n) is 5.88. The number of H-pyrrole nitrogens is 1. The number of anilines is 1. The fourth-order valence-corrected chi connectivity index (χ4v) is 4.41. The Kier molecular flexibility index (Phi) is 5.07. The van der Waals surface area contributed by atoms with Crippen molar-refractivity contribution in [1.82, 2.24) is 15.0 Å². The second-order valence-corrected chi connectivity index (χ2v) is 7.48. The number of aromatic amines is 1. The molecule has 1 N–H and O–H groups in total. The summed E-state index contributed by atoms with van der Waals surface area (Å²) in [4.78, 5) is 14.7.